The number of hydrogen-bond acceptors (Lipinski definition) is 6. The number of phenols is 1. The lowest BCUT2D eigenvalue weighted by Crippen LogP contribution is -2.52. The summed E-state index contributed by atoms with van der Waals surface area (Å²) in [4.78, 5) is 44.3. The van der Waals surface area contributed by atoms with Crippen molar-refractivity contribution in [3.63, 3.8) is 0 Å². The van der Waals surface area contributed by atoms with E-state index in [9.17, 15) is 51.1 Å². The van der Waals surface area contributed by atoms with Gasteiger partial charge in [-0.3, -0.25) is 14.5 Å². The van der Waals surface area contributed by atoms with Crippen molar-refractivity contribution in [3.8, 4) is 11.8 Å². The molecule has 48 heavy (non-hydrogen) atoms. The number of fused-ring (bicyclic) bond motifs is 1. The number of H-pyrrole nitrogens is 1. The smallest absolute Gasteiger partial charge is 0.406 e. The topological polar surface area (TPSA) is 121 Å². The normalized spacial score (nSPS) is 16.7. The molecule has 9 nitrogen and oxygen atoms in total. The van der Waals surface area contributed by atoms with Crippen molar-refractivity contribution in [1.82, 2.24) is 14.8 Å². The third-order valence-electron chi connectivity index (χ3n) is 7.87. The van der Waals surface area contributed by atoms with E-state index in [4.69, 9.17) is 23.2 Å². The number of pyridine rings is 1. The number of aromatic nitrogens is 1. The zero-order valence-corrected chi connectivity index (χ0v) is 26.9. The zero-order valence-electron chi connectivity index (χ0n) is 24.6. The van der Waals surface area contributed by atoms with Gasteiger partial charge in [-0.15, -0.1) is 0 Å². The summed E-state index contributed by atoms with van der Waals surface area (Å²) in [5, 5.41) is 16.6. The van der Waals surface area contributed by atoms with Gasteiger partial charge < -0.3 is 19.9 Å². The van der Waals surface area contributed by atoms with Crippen LogP contribution in [0.15, 0.2) is 44.9 Å². The number of rotatable bonds is 7. The van der Waals surface area contributed by atoms with Crippen molar-refractivity contribution in [2.45, 2.75) is 53.7 Å². The molecule has 254 valence electrons. The molecule has 0 bridgehead atoms. The second-order valence-electron chi connectivity index (χ2n) is 11.0. The van der Waals surface area contributed by atoms with E-state index in [-0.39, 0.29) is 59.2 Å². The molecule has 5 rings (SSSR count). The van der Waals surface area contributed by atoms with Crippen LogP contribution in [0.3, 0.4) is 0 Å². The number of phenolic OH excluding ortho intramolecular Hbond substituents is 1. The van der Waals surface area contributed by atoms with Gasteiger partial charge in [-0.1, -0.05) is 29.4 Å². The molecule has 1 fully saturated rings. The van der Waals surface area contributed by atoms with Gasteiger partial charge in [0, 0.05) is 24.5 Å². The van der Waals surface area contributed by atoms with Crippen LogP contribution in [-0.4, -0.2) is 57.6 Å². The van der Waals surface area contributed by atoms with Crippen LogP contribution in [-0.2, 0) is 11.9 Å². The van der Waals surface area contributed by atoms with Crippen LogP contribution in [0.1, 0.15) is 51.6 Å². The molecule has 0 spiro atoms. The maximum atomic E-state index is 14.7. The number of halogens is 8. The number of nitrogens with zero attached hydrogens (tertiary/aromatic N) is 4. The molecule has 2 N–H and O–H groups in total. The van der Waals surface area contributed by atoms with Crippen LogP contribution in [0.2, 0.25) is 5.02 Å². The Kier molecular flexibility index (Phi) is 9.61. The Morgan fingerprint density at radius 1 is 1.19 bits per heavy atom. The average molecular weight is 735 g/mol. The number of aromatic hydroxyl groups is 1. The van der Waals surface area contributed by atoms with E-state index in [0.29, 0.717) is 28.3 Å². The molecule has 2 aliphatic heterocycles. The van der Waals surface area contributed by atoms with Gasteiger partial charge in [0.1, 0.15) is 29.4 Å². The number of carbonyl (C=O) groups is 2. The minimum absolute atomic E-state index is 0.0185. The summed E-state index contributed by atoms with van der Waals surface area (Å²) in [6.45, 7) is -0.562. The minimum Gasteiger partial charge on any atom is -0.505 e. The largest absolute Gasteiger partial charge is 0.505 e. The molecule has 1 aromatic heterocycles. The molecule has 1 saturated heterocycles. The molecule has 1 atom stereocenters. The summed E-state index contributed by atoms with van der Waals surface area (Å²) < 4.78 is 82.4. The first-order chi connectivity index (χ1) is 22.4. The fraction of sp³-hybridized carbons (Fsp3) is 0.333. The van der Waals surface area contributed by atoms with Gasteiger partial charge in [0.15, 0.2) is 0 Å². The summed E-state index contributed by atoms with van der Waals surface area (Å²) in [5.41, 5.74) is -2.49. The number of benzene rings is 2. The van der Waals surface area contributed by atoms with Gasteiger partial charge in [-0.05, 0) is 65.9 Å². The van der Waals surface area contributed by atoms with Crippen LogP contribution < -0.4 is 10.5 Å². The predicted octanol–water partition coefficient (Wildman–Crippen LogP) is 7.43. The number of anilines is 1. The Hall–Kier alpha value is -4.07. The zero-order chi connectivity index (χ0) is 35.3. The van der Waals surface area contributed by atoms with Crippen molar-refractivity contribution >= 4 is 52.6 Å². The van der Waals surface area contributed by atoms with E-state index < -0.39 is 69.4 Å². The Bertz CT molecular complexity index is 1890. The van der Waals surface area contributed by atoms with Gasteiger partial charge in [0.05, 0.1) is 34.1 Å². The van der Waals surface area contributed by atoms with Crippen LogP contribution in [0.5, 0.6) is 5.75 Å². The fourth-order valence-electron chi connectivity index (χ4n) is 5.81. The number of nitriles is 1. The number of carbonyl (C=O) groups excluding carboxylic acids is 2. The molecule has 2 aromatic carbocycles. The number of aromatic amines is 1. The van der Waals surface area contributed by atoms with E-state index in [1.54, 1.807) is 0 Å². The summed E-state index contributed by atoms with van der Waals surface area (Å²) in [6.07, 6.45) is -4.87. The van der Waals surface area contributed by atoms with Crippen molar-refractivity contribution in [2.24, 2.45) is 0 Å². The Morgan fingerprint density at radius 3 is 2.52 bits per heavy atom. The number of alkyl halides is 6. The number of amides is 3. The Morgan fingerprint density at radius 2 is 1.90 bits per heavy atom. The maximum Gasteiger partial charge on any atom is 0.406 e. The molecule has 0 radical (unpaired) electrons. The second kappa shape index (κ2) is 13.1. The lowest BCUT2D eigenvalue weighted by Gasteiger charge is -2.36. The standard InChI is InChI=1S/C30H23Cl2F6N5O4S/c1-14-22-15(10-19(24(14)44)42-9-3-8-41(28(42)47)13-29(34,35)36)12-43(18(22)6-7-39)27(46)23-20(11-21(30(32,37)38)40-26(23)45)48-25-16(31)4-2-5-17(25)33/h2,4-5,10-11,18,44H,3,6,8-9,12-13H2,1H3,(H,40,45). The van der Waals surface area contributed by atoms with Gasteiger partial charge in [0.2, 0.25) is 0 Å². The Labute approximate surface area is 282 Å². The molecule has 3 heterocycles. The van der Waals surface area contributed by atoms with Crippen LogP contribution in [0, 0.1) is 24.1 Å². The number of urea groups is 1. The maximum absolute atomic E-state index is 14.7. The molecule has 3 aromatic rings. The summed E-state index contributed by atoms with van der Waals surface area (Å²) in [5.74, 6) is -2.40. The van der Waals surface area contributed by atoms with E-state index in [1.165, 1.54) is 25.1 Å². The summed E-state index contributed by atoms with van der Waals surface area (Å²) in [6, 6.07) is 5.49. The third-order valence-corrected chi connectivity index (χ3v) is 9.67. The van der Waals surface area contributed by atoms with Gasteiger partial charge in [-0.2, -0.15) is 27.2 Å². The predicted molar refractivity (Wildman–Crippen MR) is 163 cm³/mol. The molecule has 0 saturated carbocycles. The quantitative estimate of drug-likeness (QED) is 0.193. The van der Waals surface area contributed by atoms with E-state index >= 15 is 0 Å². The fourth-order valence-corrected chi connectivity index (χ4v) is 7.20. The van der Waals surface area contributed by atoms with Crippen molar-refractivity contribution in [3.05, 3.63) is 79.5 Å². The van der Waals surface area contributed by atoms with Gasteiger partial charge in [-0.25, -0.2) is 9.18 Å². The van der Waals surface area contributed by atoms with E-state index in [2.05, 4.69) is 0 Å². The summed E-state index contributed by atoms with van der Waals surface area (Å²) in [7, 11) is 0. The number of hydrogen-bond donors (Lipinski definition) is 2. The lowest BCUT2D eigenvalue weighted by atomic mass is 9.95. The first kappa shape index (κ1) is 35.2. The molecular weight excluding hydrogens is 711 g/mol. The highest BCUT2D eigenvalue weighted by Crippen LogP contribution is 2.47. The highest BCUT2D eigenvalue weighted by atomic mass is 35.5. The lowest BCUT2D eigenvalue weighted by molar-refractivity contribution is -0.140. The second-order valence-corrected chi connectivity index (χ2v) is 12.9. The first-order valence-electron chi connectivity index (χ1n) is 14.1. The van der Waals surface area contributed by atoms with Crippen LogP contribution in [0.4, 0.5) is 36.8 Å². The van der Waals surface area contributed by atoms with Crippen LogP contribution in [0.25, 0.3) is 0 Å². The molecule has 1 unspecified atom stereocenters. The van der Waals surface area contributed by atoms with Crippen molar-refractivity contribution in [1.29, 1.82) is 5.26 Å². The van der Waals surface area contributed by atoms with E-state index in [0.717, 1.165) is 15.9 Å². The number of nitrogens with one attached hydrogen (secondary N) is 1. The highest BCUT2D eigenvalue weighted by Gasteiger charge is 2.42. The monoisotopic (exact) mass is 733 g/mol. The third kappa shape index (κ3) is 6.76. The molecule has 2 aliphatic rings. The molecule has 3 amide bonds. The van der Waals surface area contributed by atoms with Crippen molar-refractivity contribution in [2.75, 3.05) is 24.5 Å². The molecule has 18 heteroatoms. The highest BCUT2D eigenvalue weighted by molar-refractivity contribution is 7.99. The molecule has 0 aliphatic carbocycles. The SMILES string of the molecule is Cc1c(O)c(N2CCCN(CC(F)(F)F)C2=O)cc2c1C(CC#N)N(C(=O)c1c(Sc3c(F)cccc3Cl)cc(C(F)(F)Cl)[nH]c1=O)C2. The Balaban J connectivity index is 1.58. The first-order valence-corrected chi connectivity index (χ1v) is 15.6. The van der Waals surface area contributed by atoms with Crippen LogP contribution >= 0.6 is 35.0 Å². The molecular formula is C30H23Cl2F6N5O4S. The van der Waals surface area contributed by atoms with Gasteiger partial charge >= 0.3 is 17.6 Å². The average Bonchev–Trinajstić information content (AvgIpc) is 3.35. The van der Waals surface area contributed by atoms with Gasteiger partial charge in [0.25, 0.3) is 11.5 Å². The van der Waals surface area contributed by atoms with Crippen molar-refractivity contribution < 1.29 is 41.0 Å². The minimum atomic E-state index is -4.66. The van der Waals surface area contributed by atoms with E-state index in [1.807, 2.05) is 11.1 Å². The summed E-state index contributed by atoms with van der Waals surface area (Å²) >= 11 is 11.7.